The second-order valence-electron chi connectivity index (χ2n) is 5.12. The van der Waals surface area contributed by atoms with E-state index in [2.05, 4.69) is 0 Å². The molecule has 0 spiro atoms. The number of nitrogens with zero attached hydrogens (tertiary/aromatic N) is 1. The molecule has 2 rings (SSSR count). The molecule has 0 atom stereocenters. The van der Waals surface area contributed by atoms with Gasteiger partial charge in [0.05, 0.1) is 19.6 Å². The first-order valence-corrected chi connectivity index (χ1v) is 7.39. The molecule has 1 aliphatic heterocycles. The predicted molar refractivity (Wildman–Crippen MR) is 80.5 cm³/mol. The van der Waals surface area contributed by atoms with E-state index in [1.807, 2.05) is 0 Å². The number of benzene rings is 1. The molecular weight excluding hydrogens is 302 g/mol. The smallest absolute Gasteiger partial charge is 0.303 e. The number of carbonyl (C=O) groups excluding carboxylic acids is 2. The molecule has 1 amide bonds. The van der Waals surface area contributed by atoms with Gasteiger partial charge in [-0.2, -0.15) is 0 Å². The first-order chi connectivity index (χ1) is 11.1. The van der Waals surface area contributed by atoms with Crippen molar-refractivity contribution in [1.82, 2.24) is 4.90 Å². The molecule has 1 aromatic carbocycles. The zero-order chi connectivity index (χ0) is 16.7. The maximum absolute atomic E-state index is 11.9. The van der Waals surface area contributed by atoms with Crippen LogP contribution in [0.5, 0.6) is 5.75 Å². The molecule has 0 radical (unpaired) electrons. The highest BCUT2D eigenvalue weighted by atomic mass is 16.5. The van der Waals surface area contributed by atoms with Gasteiger partial charge in [-0.05, 0) is 24.3 Å². The lowest BCUT2D eigenvalue weighted by atomic mass is 10.1. The van der Waals surface area contributed by atoms with Gasteiger partial charge in [0.1, 0.15) is 5.75 Å². The zero-order valence-electron chi connectivity index (χ0n) is 12.7. The number of carboxylic acid groups (broad SMARTS) is 1. The van der Waals surface area contributed by atoms with Crippen molar-refractivity contribution < 1.29 is 29.0 Å². The molecule has 0 unspecified atom stereocenters. The highest BCUT2D eigenvalue weighted by Gasteiger charge is 2.17. The number of ketones is 1. The van der Waals surface area contributed by atoms with Crippen LogP contribution in [0.25, 0.3) is 0 Å². The number of morpholine rings is 1. The number of Topliss-reactive ketones (excluding diaryl/α,β-unsaturated/α-hetero) is 1. The Kier molecular flexibility index (Phi) is 6.10. The minimum absolute atomic E-state index is 0.0367. The lowest BCUT2D eigenvalue weighted by Crippen LogP contribution is -2.42. The third kappa shape index (κ3) is 5.37. The average molecular weight is 321 g/mol. The monoisotopic (exact) mass is 321 g/mol. The van der Waals surface area contributed by atoms with Gasteiger partial charge < -0.3 is 19.5 Å². The molecule has 1 heterocycles. The van der Waals surface area contributed by atoms with Crippen LogP contribution in [0.2, 0.25) is 0 Å². The molecule has 1 aliphatic rings. The fourth-order valence-electron chi connectivity index (χ4n) is 2.15. The van der Waals surface area contributed by atoms with Crippen LogP contribution in [-0.2, 0) is 14.3 Å². The van der Waals surface area contributed by atoms with Crippen molar-refractivity contribution in [1.29, 1.82) is 0 Å². The number of amides is 1. The normalized spacial score (nSPS) is 14.3. The van der Waals surface area contributed by atoms with Crippen molar-refractivity contribution in [2.24, 2.45) is 0 Å². The van der Waals surface area contributed by atoms with Crippen LogP contribution in [0.15, 0.2) is 24.3 Å². The van der Waals surface area contributed by atoms with Crippen LogP contribution >= 0.6 is 0 Å². The van der Waals surface area contributed by atoms with Crippen LogP contribution in [0.1, 0.15) is 23.2 Å². The van der Waals surface area contributed by atoms with E-state index in [0.717, 1.165) is 0 Å². The summed E-state index contributed by atoms with van der Waals surface area (Å²) in [6.07, 6.45) is -0.226. The van der Waals surface area contributed by atoms with Gasteiger partial charge in [-0.25, -0.2) is 0 Å². The van der Waals surface area contributed by atoms with E-state index in [9.17, 15) is 14.4 Å². The standard InChI is InChI=1S/C16H19NO6/c18-14(5-6-16(20)21)12-1-3-13(4-2-12)23-11-15(19)17-7-9-22-10-8-17/h1-4H,5-11H2,(H,20,21). The Morgan fingerprint density at radius 3 is 2.35 bits per heavy atom. The lowest BCUT2D eigenvalue weighted by Gasteiger charge is -2.26. The van der Waals surface area contributed by atoms with Gasteiger partial charge in [0, 0.05) is 25.1 Å². The van der Waals surface area contributed by atoms with Gasteiger partial charge in [0.2, 0.25) is 0 Å². The number of hydrogen-bond acceptors (Lipinski definition) is 5. The Bertz CT molecular complexity index is 562. The molecule has 1 saturated heterocycles. The predicted octanol–water partition coefficient (Wildman–Crippen LogP) is 0.972. The minimum Gasteiger partial charge on any atom is -0.484 e. The molecule has 1 N–H and O–H groups in total. The molecule has 7 heteroatoms. The molecule has 23 heavy (non-hydrogen) atoms. The Balaban J connectivity index is 1.81. The molecule has 1 fully saturated rings. The second kappa shape index (κ2) is 8.28. The molecule has 1 aromatic rings. The van der Waals surface area contributed by atoms with Crippen LogP contribution in [0.4, 0.5) is 0 Å². The van der Waals surface area contributed by atoms with Crippen LogP contribution < -0.4 is 4.74 Å². The first-order valence-electron chi connectivity index (χ1n) is 7.39. The maximum Gasteiger partial charge on any atom is 0.303 e. The summed E-state index contributed by atoms with van der Waals surface area (Å²) in [5, 5.41) is 8.57. The summed E-state index contributed by atoms with van der Waals surface area (Å²) in [6.45, 7) is 2.16. The van der Waals surface area contributed by atoms with E-state index >= 15 is 0 Å². The second-order valence-corrected chi connectivity index (χ2v) is 5.12. The van der Waals surface area contributed by atoms with E-state index in [4.69, 9.17) is 14.6 Å². The Hall–Kier alpha value is -2.41. The van der Waals surface area contributed by atoms with Crippen LogP contribution in [-0.4, -0.2) is 60.6 Å². The largest absolute Gasteiger partial charge is 0.484 e. The van der Waals surface area contributed by atoms with Gasteiger partial charge in [-0.15, -0.1) is 0 Å². The van der Waals surface area contributed by atoms with E-state index in [1.54, 1.807) is 29.2 Å². The van der Waals surface area contributed by atoms with Gasteiger partial charge in [-0.1, -0.05) is 0 Å². The molecule has 124 valence electrons. The fourth-order valence-corrected chi connectivity index (χ4v) is 2.15. The molecule has 0 saturated carbocycles. The summed E-state index contributed by atoms with van der Waals surface area (Å²) >= 11 is 0. The number of rotatable bonds is 7. The van der Waals surface area contributed by atoms with Gasteiger partial charge in [-0.3, -0.25) is 14.4 Å². The van der Waals surface area contributed by atoms with E-state index in [-0.39, 0.29) is 31.1 Å². The van der Waals surface area contributed by atoms with Gasteiger partial charge in [0.25, 0.3) is 5.91 Å². The quantitative estimate of drug-likeness (QED) is 0.752. The first kappa shape index (κ1) is 17.0. The molecule has 0 aliphatic carbocycles. The number of carboxylic acids is 1. The topological polar surface area (TPSA) is 93.1 Å². The third-order valence-electron chi connectivity index (χ3n) is 3.47. The van der Waals surface area contributed by atoms with E-state index in [0.29, 0.717) is 37.6 Å². The molecule has 7 nitrogen and oxygen atoms in total. The Morgan fingerprint density at radius 2 is 1.74 bits per heavy atom. The summed E-state index contributed by atoms with van der Waals surface area (Å²) in [6, 6.07) is 6.33. The average Bonchev–Trinajstić information content (AvgIpc) is 2.58. The van der Waals surface area contributed by atoms with Gasteiger partial charge in [0.15, 0.2) is 12.4 Å². The number of aliphatic carboxylic acids is 1. The number of hydrogen-bond donors (Lipinski definition) is 1. The molecule has 0 bridgehead atoms. The zero-order valence-corrected chi connectivity index (χ0v) is 12.7. The third-order valence-corrected chi connectivity index (χ3v) is 3.47. The maximum atomic E-state index is 11.9. The van der Waals surface area contributed by atoms with Crippen molar-refractivity contribution >= 4 is 17.7 Å². The van der Waals surface area contributed by atoms with Crippen molar-refractivity contribution in [3.8, 4) is 5.75 Å². The van der Waals surface area contributed by atoms with Crippen LogP contribution in [0, 0.1) is 0 Å². The number of ether oxygens (including phenoxy) is 2. The van der Waals surface area contributed by atoms with Crippen molar-refractivity contribution in [3.63, 3.8) is 0 Å². The molecule has 0 aromatic heterocycles. The van der Waals surface area contributed by atoms with Crippen LogP contribution in [0.3, 0.4) is 0 Å². The van der Waals surface area contributed by atoms with E-state index in [1.165, 1.54) is 0 Å². The highest BCUT2D eigenvalue weighted by molar-refractivity contribution is 5.97. The molecular formula is C16H19NO6. The summed E-state index contributed by atoms with van der Waals surface area (Å²) in [4.78, 5) is 35.8. The minimum atomic E-state index is -1.00. The lowest BCUT2D eigenvalue weighted by molar-refractivity contribution is -0.138. The Labute approximate surface area is 133 Å². The summed E-state index contributed by atoms with van der Waals surface area (Å²) in [5.74, 6) is -0.848. The SMILES string of the molecule is O=C(O)CCC(=O)c1ccc(OCC(=O)N2CCOCC2)cc1. The highest BCUT2D eigenvalue weighted by Crippen LogP contribution is 2.14. The fraction of sp³-hybridized carbons (Fsp3) is 0.438. The summed E-state index contributed by atoms with van der Waals surface area (Å²) in [5.41, 5.74) is 0.429. The van der Waals surface area contributed by atoms with Crippen molar-refractivity contribution in [3.05, 3.63) is 29.8 Å². The van der Waals surface area contributed by atoms with Gasteiger partial charge >= 0.3 is 5.97 Å². The van der Waals surface area contributed by atoms with E-state index < -0.39 is 5.97 Å². The summed E-state index contributed by atoms with van der Waals surface area (Å²) < 4.78 is 10.6. The summed E-state index contributed by atoms with van der Waals surface area (Å²) in [7, 11) is 0. The van der Waals surface area contributed by atoms with Crippen molar-refractivity contribution in [2.45, 2.75) is 12.8 Å². The number of carbonyl (C=O) groups is 3. The Morgan fingerprint density at radius 1 is 1.09 bits per heavy atom. The van der Waals surface area contributed by atoms with Crippen molar-refractivity contribution in [2.75, 3.05) is 32.9 Å².